The summed E-state index contributed by atoms with van der Waals surface area (Å²) in [6.07, 6.45) is 0.712. The minimum absolute atomic E-state index is 0.0475. The highest BCUT2D eigenvalue weighted by Crippen LogP contribution is 2.44. The normalized spacial score (nSPS) is 17.9. The van der Waals surface area contributed by atoms with Crippen LogP contribution in [0.2, 0.25) is 0 Å². The maximum Gasteiger partial charge on any atom is 0.410 e. The fourth-order valence-corrected chi connectivity index (χ4v) is 5.05. The molecule has 0 spiro atoms. The zero-order chi connectivity index (χ0) is 26.0. The third-order valence-electron chi connectivity index (χ3n) is 6.75. The number of rotatable bonds is 6. The van der Waals surface area contributed by atoms with Gasteiger partial charge in [0, 0.05) is 12.5 Å². The molecule has 2 atom stereocenters. The Kier molecular flexibility index (Phi) is 7.38. The van der Waals surface area contributed by atoms with Gasteiger partial charge < -0.3 is 14.8 Å². The Morgan fingerprint density at radius 3 is 2.14 bits per heavy atom. The Balaban J connectivity index is 1.42. The van der Waals surface area contributed by atoms with E-state index in [0.29, 0.717) is 19.4 Å². The SMILES string of the molecule is CC(C)[C@H](NC(=O)[C@@H]1CCCN1C(=O)OCC1c2ccccc2-c2ccccc21)C(=O)OC(C)(C)C. The molecule has 2 aromatic carbocycles. The summed E-state index contributed by atoms with van der Waals surface area (Å²) < 4.78 is 11.3. The average molecular weight is 493 g/mol. The number of nitrogens with zero attached hydrogens (tertiary/aromatic N) is 1. The van der Waals surface area contributed by atoms with Crippen molar-refractivity contribution in [2.45, 2.75) is 71.1 Å². The highest BCUT2D eigenvalue weighted by molar-refractivity contribution is 5.90. The molecule has 0 bridgehead atoms. The van der Waals surface area contributed by atoms with Crippen LogP contribution in [0.25, 0.3) is 11.1 Å². The number of amides is 2. The van der Waals surface area contributed by atoms with Gasteiger partial charge in [0.1, 0.15) is 24.3 Å². The lowest BCUT2D eigenvalue weighted by molar-refractivity contribution is -0.160. The Bertz CT molecular complexity index is 1090. The van der Waals surface area contributed by atoms with Gasteiger partial charge in [0.15, 0.2) is 0 Å². The van der Waals surface area contributed by atoms with Gasteiger partial charge in [-0.25, -0.2) is 9.59 Å². The molecule has 1 saturated heterocycles. The number of likely N-dealkylation sites (tertiary alicyclic amines) is 1. The Morgan fingerprint density at radius 1 is 1.00 bits per heavy atom. The summed E-state index contributed by atoms with van der Waals surface area (Å²) in [6, 6.07) is 14.9. The van der Waals surface area contributed by atoms with Gasteiger partial charge in [-0.15, -0.1) is 0 Å². The largest absolute Gasteiger partial charge is 0.458 e. The van der Waals surface area contributed by atoms with E-state index in [1.807, 2.05) is 38.1 Å². The number of fused-ring (bicyclic) bond motifs is 3. The van der Waals surface area contributed by atoms with Crippen LogP contribution >= 0.6 is 0 Å². The molecule has 2 aliphatic rings. The van der Waals surface area contributed by atoms with Crippen LogP contribution in [-0.2, 0) is 19.1 Å². The number of esters is 1. The fourth-order valence-electron chi connectivity index (χ4n) is 5.05. The number of benzene rings is 2. The standard InChI is InChI=1S/C29H36N2O5/c1-18(2)25(27(33)36-29(3,4)5)30-26(32)24-15-10-16-31(24)28(34)35-17-23-21-13-8-6-11-19(21)20-12-7-9-14-22(20)23/h6-9,11-14,18,23-25H,10,15-17H2,1-5H3,(H,30,32)/t24-,25-/m0/s1. The summed E-state index contributed by atoms with van der Waals surface area (Å²) in [6.45, 7) is 9.72. The van der Waals surface area contributed by atoms with E-state index < -0.39 is 29.7 Å². The highest BCUT2D eigenvalue weighted by Gasteiger charge is 2.39. The summed E-state index contributed by atoms with van der Waals surface area (Å²) in [5.74, 6) is -1.04. The number of nitrogens with one attached hydrogen (secondary N) is 1. The van der Waals surface area contributed by atoms with Gasteiger partial charge >= 0.3 is 12.1 Å². The van der Waals surface area contributed by atoms with Gasteiger partial charge in [-0.2, -0.15) is 0 Å². The zero-order valence-corrected chi connectivity index (χ0v) is 21.7. The maximum absolute atomic E-state index is 13.2. The van der Waals surface area contributed by atoms with Crippen molar-refractivity contribution in [3.8, 4) is 11.1 Å². The minimum Gasteiger partial charge on any atom is -0.458 e. The Labute approximate surface area is 213 Å². The molecule has 1 fully saturated rings. The Morgan fingerprint density at radius 2 is 1.58 bits per heavy atom. The topological polar surface area (TPSA) is 84.9 Å². The second-order valence-corrected chi connectivity index (χ2v) is 10.9. The van der Waals surface area contributed by atoms with Gasteiger partial charge in [-0.05, 0) is 61.8 Å². The first-order valence-electron chi connectivity index (χ1n) is 12.7. The van der Waals surface area contributed by atoms with E-state index in [4.69, 9.17) is 9.47 Å². The molecule has 1 N–H and O–H groups in total. The predicted octanol–water partition coefficient (Wildman–Crippen LogP) is 4.88. The van der Waals surface area contributed by atoms with Crippen molar-refractivity contribution in [2.75, 3.05) is 13.2 Å². The summed E-state index contributed by atoms with van der Waals surface area (Å²) in [5, 5.41) is 2.83. The van der Waals surface area contributed by atoms with Gasteiger partial charge in [0.2, 0.25) is 5.91 Å². The molecule has 2 amide bonds. The van der Waals surface area contributed by atoms with Gasteiger partial charge in [0.05, 0.1) is 0 Å². The summed E-state index contributed by atoms with van der Waals surface area (Å²) >= 11 is 0. The molecule has 4 rings (SSSR count). The number of hydrogen-bond donors (Lipinski definition) is 1. The first-order valence-corrected chi connectivity index (χ1v) is 12.7. The lowest BCUT2D eigenvalue weighted by Gasteiger charge is -2.29. The van der Waals surface area contributed by atoms with Crippen molar-refractivity contribution in [1.82, 2.24) is 10.2 Å². The van der Waals surface area contributed by atoms with Crippen LogP contribution in [0.3, 0.4) is 0 Å². The third-order valence-corrected chi connectivity index (χ3v) is 6.75. The minimum atomic E-state index is -0.790. The molecule has 192 valence electrons. The molecule has 1 aliphatic heterocycles. The third kappa shape index (κ3) is 5.40. The van der Waals surface area contributed by atoms with Crippen LogP contribution in [0, 0.1) is 5.92 Å². The molecule has 0 saturated carbocycles. The van der Waals surface area contributed by atoms with E-state index in [9.17, 15) is 14.4 Å². The molecular weight excluding hydrogens is 456 g/mol. The fraction of sp³-hybridized carbons (Fsp3) is 0.483. The van der Waals surface area contributed by atoms with Gasteiger partial charge in [-0.3, -0.25) is 9.69 Å². The molecule has 0 unspecified atom stereocenters. The van der Waals surface area contributed by atoms with Crippen LogP contribution in [-0.4, -0.2) is 53.7 Å². The molecule has 1 aliphatic carbocycles. The van der Waals surface area contributed by atoms with Crippen LogP contribution in [0.15, 0.2) is 48.5 Å². The summed E-state index contributed by atoms with van der Waals surface area (Å²) in [5.41, 5.74) is 3.94. The van der Waals surface area contributed by atoms with Crippen molar-refractivity contribution < 1.29 is 23.9 Å². The van der Waals surface area contributed by atoms with E-state index in [1.54, 1.807) is 20.8 Å². The number of carbonyl (C=O) groups excluding carboxylic acids is 3. The van der Waals surface area contributed by atoms with Gasteiger partial charge in [0.25, 0.3) is 0 Å². The molecule has 0 radical (unpaired) electrons. The summed E-state index contributed by atoms with van der Waals surface area (Å²) in [4.78, 5) is 40.4. The molecule has 36 heavy (non-hydrogen) atoms. The number of hydrogen-bond acceptors (Lipinski definition) is 5. The van der Waals surface area contributed by atoms with E-state index in [-0.39, 0.29) is 24.3 Å². The van der Waals surface area contributed by atoms with Crippen LogP contribution in [0.1, 0.15) is 64.5 Å². The molecule has 0 aromatic heterocycles. The Hall–Kier alpha value is -3.35. The van der Waals surface area contributed by atoms with Crippen LogP contribution in [0.4, 0.5) is 4.79 Å². The van der Waals surface area contributed by atoms with Crippen LogP contribution in [0.5, 0.6) is 0 Å². The van der Waals surface area contributed by atoms with Crippen molar-refractivity contribution in [2.24, 2.45) is 5.92 Å². The van der Waals surface area contributed by atoms with Crippen molar-refractivity contribution >= 4 is 18.0 Å². The predicted molar refractivity (Wildman–Crippen MR) is 137 cm³/mol. The molecule has 7 heteroatoms. The second kappa shape index (κ2) is 10.3. The lowest BCUT2D eigenvalue weighted by atomic mass is 9.98. The maximum atomic E-state index is 13.2. The molecule has 2 aromatic rings. The first-order chi connectivity index (χ1) is 17.1. The quantitative estimate of drug-likeness (QED) is 0.581. The van der Waals surface area contributed by atoms with Crippen molar-refractivity contribution in [3.63, 3.8) is 0 Å². The van der Waals surface area contributed by atoms with E-state index in [1.165, 1.54) is 4.90 Å². The smallest absolute Gasteiger partial charge is 0.410 e. The lowest BCUT2D eigenvalue weighted by Crippen LogP contribution is -2.53. The second-order valence-electron chi connectivity index (χ2n) is 10.9. The van der Waals surface area contributed by atoms with E-state index in [0.717, 1.165) is 22.3 Å². The molecular formula is C29H36N2O5. The van der Waals surface area contributed by atoms with E-state index in [2.05, 4.69) is 29.6 Å². The zero-order valence-electron chi connectivity index (χ0n) is 21.7. The molecule has 7 nitrogen and oxygen atoms in total. The highest BCUT2D eigenvalue weighted by atomic mass is 16.6. The van der Waals surface area contributed by atoms with Crippen LogP contribution < -0.4 is 5.32 Å². The van der Waals surface area contributed by atoms with Crippen molar-refractivity contribution in [3.05, 3.63) is 59.7 Å². The van der Waals surface area contributed by atoms with E-state index >= 15 is 0 Å². The van der Waals surface area contributed by atoms with Gasteiger partial charge in [-0.1, -0.05) is 62.4 Å². The number of ether oxygens (including phenoxy) is 2. The first kappa shape index (κ1) is 25.7. The monoisotopic (exact) mass is 492 g/mol. The average Bonchev–Trinajstić information content (AvgIpc) is 3.43. The summed E-state index contributed by atoms with van der Waals surface area (Å²) in [7, 11) is 0. The number of carbonyl (C=O) groups is 3. The molecule has 1 heterocycles. The van der Waals surface area contributed by atoms with Crippen molar-refractivity contribution in [1.29, 1.82) is 0 Å².